The standard InChI is InChI=1S/C22H33N3O5S.ClH/c26-21(24-27)22(10-14-30-15-11-22)31(28,29)25-12-8-19(9-13-25)20-7-6-18(16-23-20)5-4-17-2-1-3-17;/h6-7,16-17,19,27H,1-5,8-15H2,(H,24,26);1H. The van der Waals surface area contributed by atoms with Crippen LogP contribution < -0.4 is 5.48 Å². The van der Waals surface area contributed by atoms with Crippen LogP contribution >= 0.6 is 12.4 Å². The summed E-state index contributed by atoms with van der Waals surface area (Å²) in [6.07, 6.45) is 9.82. The number of amides is 1. The summed E-state index contributed by atoms with van der Waals surface area (Å²) in [6.45, 7) is 1.05. The van der Waals surface area contributed by atoms with Gasteiger partial charge in [-0.05, 0) is 43.2 Å². The predicted octanol–water partition coefficient (Wildman–Crippen LogP) is 2.80. The third kappa shape index (κ3) is 4.97. The molecule has 1 amide bonds. The van der Waals surface area contributed by atoms with Crippen LogP contribution in [0.25, 0.3) is 0 Å². The molecule has 0 radical (unpaired) electrons. The van der Waals surface area contributed by atoms with Gasteiger partial charge < -0.3 is 4.74 Å². The first kappa shape index (κ1) is 25.4. The van der Waals surface area contributed by atoms with Crippen LogP contribution in [0.5, 0.6) is 0 Å². The Hall–Kier alpha value is -1.26. The Morgan fingerprint density at radius 1 is 1.19 bits per heavy atom. The zero-order valence-corrected chi connectivity index (χ0v) is 20.0. The first-order chi connectivity index (χ1) is 15.0. The number of rotatable bonds is 7. The number of hydrogen-bond donors (Lipinski definition) is 2. The number of aryl methyl sites for hydroxylation is 1. The van der Waals surface area contributed by atoms with Crippen LogP contribution in [0.1, 0.15) is 68.5 Å². The fourth-order valence-corrected chi connectivity index (χ4v) is 7.17. The molecule has 8 nitrogen and oxygen atoms in total. The quantitative estimate of drug-likeness (QED) is 0.452. The Labute approximate surface area is 196 Å². The molecular weight excluding hydrogens is 454 g/mol. The molecular formula is C22H34ClN3O5S. The number of halogens is 1. The summed E-state index contributed by atoms with van der Waals surface area (Å²) in [5, 5.41) is 9.18. The third-order valence-electron chi connectivity index (χ3n) is 7.44. The number of hydrogen-bond acceptors (Lipinski definition) is 6. The minimum Gasteiger partial charge on any atom is -0.381 e. The van der Waals surface area contributed by atoms with E-state index in [4.69, 9.17) is 4.74 Å². The van der Waals surface area contributed by atoms with Crippen molar-refractivity contribution in [2.75, 3.05) is 26.3 Å². The molecule has 1 saturated carbocycles. The molecule has 4 rings (SSSR count). The lowest BCUT2D eigenvalue weighted by atomic mass is 9.81. The monoisotopic (exact) mass is 487 g/mol. The zero-order valence-electron chi connectivity index (χ0n) is 18.4. The van der Waals surface area contributed by atoms with Crippen molar-refractivity contribution in [1.29, 1.82) is 0 Å². The van der Waals surface area contributed by atoms with Gasteiger partial charge in [0.2, 0.25) is 10.0 Å². The second kappa shape index (κ2) is 10.8. The van der Waals surface area contributed by atoms with Crippen molar-refractivity contribution in [3.8, 4) is 0 Å². The van der Waals surface area contributed by atoms with Crippen molar-refractivity contribution in [1.82, 2.24) is 14.8 Å². The van der Waals surface area contributed by atoms with E-state index < -0.39 is 20.7 Å². The summed E-state index contributed by atoms with van der Waals surface area (Å²) >= 11 is 0. The highest BCUT2D eigenvalue weighted by Crippen LogP contribution is 2.36. The topological polar surface area (TPSA) is 109 Å². The molecule has 3 heterocycles. The van der Waals surface area contributed by atoms with Gasteiger partial charge in [0.15, 0.2) is 4.75 Å². The van der Waals surface area contributed by atoms with Crippen LogP contribution in [-0.2, 0) is 26.0 Å². The van der Waals surface area contributed by atoms with E-state index in [1.807, 2.05) is 6.20 Å². The van der Waals surface area contributed by atoms with E-state index in [-0.39, 0.29) is 44.4 Å². The van der Waals surface area contributed by atoms with Gasteiger partial charge in [-0.25, -0.2) is 18.2 Å². The molecule has 1 aromatic rings. The number of nitrogens with zero attached hydrogens (tertiary/aromatic N) is 2. The number of piperidine rings is 1. The predicted molar refractivity (Wildman–Crippen MR) is 122 cm³/mol. The van der Waals surface area contributed by atoms with Crippen LogP contribution in [0.2, 0.25) is 0 Å². The maximum absolute atomic E-state index is 13.4. The molecule has 3 fully saturated rings. The molecule has 180 valence electrons. The average molecular weight is 488 g/mol. The van der Waals surface area contributed by atoms with Crippen molar-refractivity contribution in [3.05, 3.63) is 29.6 Å². The van der Waals surface area contributed by atoms with Gasteiger partial charge in [0, 0.05) is 57.0 Å². The number of hydroxylamine groups is 1. The third-order valence-corrected chi connectivity index (χ3v) is 10.1. The van der Waals surface area contributed by atoms with E-state index >= 15 is 0 Å². The summed E-state index contributed by atoms with van der Waals surface area (Å²) in [5.74, 6) is 0.236. The maximum atomic E-state index is 13.4. The maximum Gasteiger partial charge on any atom is 0.266 e. The normalized spacial score (nSPS) is 22.5. The minimum atomic E-state index is -3.92. The number of carbonyl (C=O) groups excluding carboxylic acids is 1. The first-order valence-electron chi connectivity index (χ1n) is 11.4. The van der Waals surface area contributed by atoms with Crippen LogP contribution in [0.4, 0.5) is 0 Å². The molecule has 0 spiro atoms. The Morgan fingerprint density at radius 3 is 2.41 bits per heavy atom. The number of pyridine rings is 1. The van der Waals surface area contributed by atoms with E-state index in [0.29, 0.717) is 25.9 Å². The molecule has 2 N–H and O–H groups in total. The summed E-state index contributed by atoms with van der Waals surface area (Å²) < 4.78 is 31.8. The van der Waals surface area contributed by atoms with Crippen molar-refractivity contribution < 1.29 is 23.2 Å². The van der Waals surface area contributed by atoms with Crippen LogP contribution in [0.15, 0.2) is 18.3 Å². The molecule has 1 aliphatic carbocycles. The summed E-state index contributed by atoms with van der Waals surface area (Å²) in [6, 6.07) is 4.25. The van der Waals surface area contributed by atoms with Crippen LogP contribution in [0.3, 0.4) is 0 Å². The molecule has 2 aliphatic heterocycles. The van der Waals surface area contributed by atoms with Gasteiger partial charge in [-0.2, -0.15) is 0 Å². The molecule has 10 heteroatoms. The van der Waals surface area contributed by atoms with Gasteiger partial charge in [0.05, 0.1) is 0 Å². The van der Waals surface area contributed by atoms with Gasteiger partial charge in [-0.15, -0.1) is 12.4 Å². The highest BCUT2D eigenvalue weighted by molar-refractivity contribution is 7.91. The Kier molecular flexibility index (Phi) is 8.54. The fourth-order valence-electron chi connectivity index (χ4n) is 5.02. The van der Waals surface area contributed by atoms with Crippen molar-refractivity contribution in [3.63, 3.8) is 0 Å². The van der Waals surface area contributed by atoms with Crippen LogP contribution in [-0.4, -0.2) is 59.9 Å². The van der Waals surface area contributed by atoms with E-state index in [1.54, 1.807) is 5.48 Å². The van der Waals surface area contributed by atoms with Crippen molar-refractivity contribution in [2.24, 2.45) is 5.92 Å². The first-order valence-corrected chi connectivity index (χ1v) is 12.9. The Bertz CT molecular complexity index is 862. The second-order valence-electron chi connectivity index (χ2n) is 9.15. The lowest BCUT2D eigenvalue weighted by Gasteiger charge is -2.40. The van der Waals surface area contributed by atoms with Gasteiger partial charge in [0.25, 0.3) is 5.91 Å². The van der Waals surface area contributed by atoms with Crippen molar-refractivity contribution in [2.45, 2.75) is 68.5 Å². The van der Waals surface area contributed by atoms with Crippen LogP contribution in [0, 0.1) is 5.92 Å². The molecule has 0 atom stereocenters. The fraction of sp³-hybridized carbons (Fsp3) is 0.727. The lowest BCUT2D eigenvalue weighted by Crippen LogP contribution is -2.60. The number of aromatic nitrogens is 1. The molecule has 0 unspecified atom stereocenters. The summed E-state index contributed by atoms with van der Waals surface area (Å²) in [7, 11) is -3.92. The summed E-state index contributed by atoms with van der Waals surface area (Å²) in [5.41, 5.74) is 3.86. The SMILES string of the molecule is Cl.O=C(NO)C1(S(=O)(=O)N2CCC(c3ccc(CCC4CCC4)cn3)CC2)CCOCC1. The van der Waals surface area contributed by atoms with Gasteiger partial charge in [0.1, 0.15) is 0 Å². The number of ether oxygens (including phenoxy) is 1. The molecule has 32 heavy (non-hydrogen) atoms. The smallest absolute Gasteiger partial charge is 0.266 e. The Balaban J connectivity index is 0.00000289. The number of carbonyl (C=O) groups is 1. The number of nitrogens with one attached hydrogen (secondary N) is 1. The largest absolute Gasteiger partial charge is 0.381 e. The molecule has 1 aromatic heterocycles. The molecule has 0 bridgehead atoms. The number of sulfonamides is 1. The Morgan fingerprint density at radius 2 is 1.88 bits per heavy atom. The highest BCUT2D eigenvalue weighted by atomic mass is 35.5. The second-order valence-corrected chi connectivity index (χ2v) is 11.4. The lowest BCUT2D eigenvalue weighted by molar-refractivity contribution is -0.134. The van der Waals surface area contributed by atoms with Gasteiger partial charge in [-0.1, -0.05) is 25.3 Å². The zero-order chi connectivity index (χ0) is 21.9. The minimum absolute atomic E-state index is 0. The van der Waals surface area contributed by atoms with E-state index in [9.17, 15) is 18.4 Å². The summed E-state index contributed by atoms with van der Waals surface area (Å²) in [4.78, 5) is 17.1. The molecule has 0 aromatic carbocycles. The average Bonchev–Trinajstić information content (AvgIpc) is 2.78. The molecule has 3 aliphatic rings. The highest BCUT2D eigenvalue weighted by Gasteiger charge is 2.54. The van der Waals surface area contributed by atoms with Gasteiger partial charge in [-0.3, -0.25) is 15.0 Å². The van der Waals surface area contributed by atoms with E-state index in [0.717, 1.165) is 18.0 Å². The van der Waals surface area contributed by atoms with E-state index in [1.165, 1.54) is 35.6 Å². The van der Waals surface area contributed by atoms with Crippen molar-refractivity contribution >= 4 is 28.3 Å². The van der Waals surface area contributed by atoms with E-state index in [2.05, 4.69) is 17.1 Å². The van der Waals surface area contributed by atoms with Gasteiger partial charge >= 0.3 is 0 Å². The molecule has 2 saturated heterocycles.